The molecule has 6 heteroatoms. The van der Waals surface area contributed by atoms with Crippen LogP contribution in [0.15, 0.2) is 58.3 Å². The van der Waals surface area contributed by atoms with Crippen LogP contribution in [0, 0.1) is 6.92 Å². The number of aryl methyl sites for hydroxylation is 1. The van der Waals surface area contributed by atoms with Gasteiger partial charge in [0.05, 0.1) is 15.9 Å². The van der Waals surface area contributed by atoms with E-state index in [1.165, 1.54) is 17.3 Å². The molecule has 4 nitrogen and oxygen atoms in total. The summed E-state index contributed by atoms with van der Waals surface area (Å²) in [6.45, 7) is 2.03. The van der Waals surface area contributed by atoms with E-state index in [-0.39, 0.29) is 11.2 Å². The first-order chi connectivity index (χ1) is 12.4. The van der Waals surface area contributed by atoms with E-state index in [9.17, 15) is 13.2 Å². The molecule has 1 saturated carbocycles. The highest BCUT2D eigenvalue weighted by atomic mass is 32.2. The highest BCUT2D eigenvalue weighted by Gasteiger charge is 2.30. The van der Waals surface area contributed by atoms with Gasteiger partial charge in [0, 0.05) is 10.6 Å². The van der Waals surface area contributed by atoms with E-state index in [1.54, 1.807) is 24.3 Å². The molecule has 1 aliphatic carbocycles. The fourth-order valence-electron chi connectivity index (χ4n) is 3.10. The Hall–Kier alpha value is -1.79. The van der Waals surface area contributed by atoms with Gasteiger partial charge in [-0.2, -0.15) is 0 Å². The Labute approximate surface area is 159 Å². The van der Waals surface area contributed by atoms with Gasteiger partial charge in [-0.3, -0.25) is 4.79 Å². The number of anilines is 1. The zero-order valence-electron chi connectivity index (χ0n) is 14.8. The minimum atomic E-state index is -3.25. The van der Waals surface area contributed by atoms with Gasteiger partial charge in [-0.05, 0) is 56.2 Å². The molecule has 3 rings (SSSR count). The number of carbonyl (C=O) groups excluding carboxylic acids is 1. The molecule has 0 aliphatic heterocycles. The fraction of sp³-hybridized carbons (Fsp3) is 0.350. The van der Waals surface area contributed by atoms with Gasteiger partial charge >= 0.3 is 0 Å². The van der Waals surface area contributed by atoms with Crippen LogP contribution in [0.25, 0.3) is 0 Å². The van der Waals surface area contributed by atoms with E-state index in [1.807, 2.05) is 31.2 Å². The summed E-state index contributed by atoms with van der Waals surface area (Å²) in [6.07, 6.45) is 3.46. The van der Waals surface area contributed by atoms with Crippen LogP contribution in [0.3, 0.4) is 0 Å². The van der Waals surface area contributed by atoms with E-state index in [2.05, 4.69) is 5.32 Å². The summed E-state index contributed by atoms with van der Waals surface area (Å²) in [5, 5.41) is 2.56. The molecular formula is C20H23NO3S2. The van der Waals surface area contributed by atoms with Crippen molar-refractivity contribution in [3.8, 4) is 0 Å². The van der Waals surface area contributed by atoms with Crippen molar-refractivity contribution in [3.05, 3.63) is 54.1 Å². The smallest absolute Gasteiger partial charge is 0.234 e. The summed E-state index contributed by atoms with van der Waals surface area (Å²) in [4.78, 5) is 13.5. The molecule has 0 heterocycles. The van der Waals surface area contributed by atoms with Gasteiger partial charge in [-0.25, -0.2) is 8.42 Å². The number of nitrogens with one attached hydrogen (secondary N) is 1. The molecule has 1 amide bonds. The monoisotopic (exact) mass is 389 g/mol. The van der Waals surface area contributed by atoms with E-state index >= 15 is 0 Å². The number of thioether (sulfide) groups is 1. The first kappa shape index (κ1) is 19.0. The quantitative estimate of drug-likeness (QED) is 0.742. The van der Waals surface area contributed by atoms with Crippen molar-refractivity contribution in [1.82, 2.24) is 0 Å². The molecule has 0 unspecified atom stereocenters. The van der Waals surface area contributed by atoms with Crippen molar-refractivity contribution in [1.29, 1.82) is 0 Å². The zero-order valence-corrected chi connectivity index (χ0v) is 16.4. The molecule has 2 aromatic rings. The molecule has 1 N–H and O–H groups in total. The average molecular weight is 390 g/mol. The van der Waals surface area contributed by atoms with Crippen LogP contribution < -0.4 is 5.32 Å². The number of sulfone groups is 1. The van der Waals surface area contributed by atoms with Gasteiger partial charge in [-0.1, -0.05) is 30.5 Å². The van der Waals surface area contributed by atoms with Gasteiger partial charge in [0.15, 0.2) is 9.84 Å². The number of rotatable bonds is 6. The lowest BCUT2D eigenvalue weighted by Gasteiger charge is -2.12. The predicted octanol–water partition coefficient (Wildman–Crippen LogP) is 4.44. The van der Waals surface area contributed by atoms with Crippen molar-refractivity contribution >= 4 is 33.2 Å². The van der Waals surface area contributed by atoms with Crippen LogP contribution in [-0.2, 0) is 14.6 Å². The summed E-state index contributed by atoms with van der Waals surface area (Å²) in [5.41, 5.74) is 1.80. The highest BCUT2D eigenvalue weighted by Crippen LogP contribution is 2.30. The van der Waals surface area contributed by atoms with Crippen molar-refractivity contribution in [2.75, 3.05) is 11.1 Å². The second-order valence-electron chi connectivity index (χ2n) is 6.63. The normalized spacial score (nSPS) is 15.1. The van der Waals surface area contributed by atoms with Crippen LogP contribution in [0.4, 0.5) is 5.69 Å². The standard InChI is InChI=1S/C20H23NO3S2/c1-15-6-10-17(11-7-15)25-14-20(22)21-16-8-12-19(13-9-16)26(23,24)18-4-2-3-5-18/h6-13,18H,2-5,14H2,1H3,(H,21,22). The number of hydrogen-bond donors (Lipinski definition) is 1. The topological polar surface area (TPSA) is 63.2 Å². The highest BCUT2D eigenvalue weighted by molar-refractivity contribution is 8.00. The predicted molar refractivity (Wildman–Crippen MR) is 106 cm³/mol. The Morgan fingerprint density at radius 1 is 1.04 bits per heavy atom. The number of hydrogen-bond acceptors (Lipinski definition) is 4. The van der Waals surface area contributed by atoms with Gasteiger partial charge < -0.3 is 5.32 Å². The molecule has 0 spiro atoms. The minimum absolute atomic E-state index is 0.109. The van der Waals surface area contributed by atoms with E-state index < -0.39 is 9.84 Å². The Bertz CT molecular complexity index is 853. The largest absolute Gasteiger partial charge is 0.325 e. The third kappa shape index (κ3) is 4.68. The van der Waals surface area contributed by atoms with Crippen LogP contribution in [-0.4, -0.2) is 25.3 Å². The lowest BCUT2D eigenvalue weighted by molar-refractivity contribution is -0.113. The maximum atomic E-state index is 12.6. The molecule has 2 aromatic carbocycles. The molecule has 0 saturated heterocycles. The number of amides is 1. The van der Waals surface area contributed by atoms with Gasteiger partial charge in [0.2, 0.25) is 5.91 Å². The minimum Gasteiger partial charge on any atom is -0.325 e. The van der Waals surface area contributed by atoms with Crippen molar-refractivity contribution < 1.29 is 13.2 Å². The summed E-state index contributed by atoms with van der Waals surface area (Å²) in [7, 11) is -3.25. The molecule has 0 radical (unpaired) electrons. The van der Waals surface area contributed by atoms with Crippen LogP contribution in [0.5, 0.6) is 0 Å². The Balaban J connectivity index is 1.56. The van der Waals surface area contributed by atoms with Crippen LogP contribution in [0.1, 0.15) is 31.2 Å². The Morgan fingerprint density at radius 2 is 1.65 bits per heavy atom. The SMILES string of the molecule is Cc1ccc(SCC(=O)Nc2ccc(S(=O)(=O)C3CCCC3)cc2)cc1. The Kier molecular flexibility index (Phi) is 6.04. The fourth-order valence-corrected chi connectivity index (χ4v) is 5.65. The van der Waals surface area contributed by atoms with E-state index in [4.69, 9.17) is 0 Å². The Morgan fingerprint density at radius 3 is 2.27 bits per heavy atom. The summed E-state index contributed by atoms with van der Waals surface area (Å²) in [6, 6.07) is 14.5. The van der Waals surface area contributed by atoms with Crippen molar-refractivity contribution in [2.45, 2.75) is 47.6 Å². The van der Waals surface area contributed by atoms with Gasteiger partial charge in [0.25, 0.3) is 0 Å². The number of carbonyl (C=O) groups is 1. The maximum absolute atomic E-state index is 12.6. The first-order valence-electron chi connectivity index (χ1n) is 8.78. The van der Waals surface area contributed by atoms with Gasteiger partial charge in [0.1, 0.15) is 0 Å². The van der Waals surface area contributed by atoms with Crippen LogP contribution >= 0.6 is 11.8 Å². The van der Waals surface area contributed by atoms with E-state index in [0.717, 1.165) is 30.6 Å². The average Bonchev–Trinajstić information content (AvgIpc) is 3.17. The second kappa shape index (κ2) is 8.27. The molecule has 26 heavy (non-hydrogen) atoms. The molecule has 1 fully saturated rings. The second-order valence-corrected chi connectivity index (χ2v) is 9.90. The molecule has 0 bridgehead atoms. The molecular weight excluding hydrogens is 366 g/mol. The van der Waals surface area contributed by atoms with Gasteiger partial charge in [-0.15, -0.1) is 11.8 Å². The van der Waals surface area contributed by atoms with E-state index in [0.29, 0.717) is 16.3 Å². The summed E-state index contributed by atoms with van der Waals surface area (Å²) < 4.78 is 25.1. The third-order valence-corrected chi connectivity index (χ3v) is 7.89. The lowest BCUT2D eigenvalue weighted by Crippen LogP contribution is -2.18. The molecule has 0 aromatic heterocycles. The zero-order chi connectivity index (χ0) is 18.6. The lowest BCUT2D eigenvalue weighted by atomic mass is 10.2. The first-order valence-corrected chi connectivity index (χ1v) is 11.3. The van der Waals surface area contributed by atoms with Crippen molar-refractivity contribution in [2.24, 2.45) is 0 Å². The third-order valence-electron chi connectivity index (χ3n) is 4.60. The van der Waals surface area contributed by atoms with Crippen LogP contribution in [0.2, 0.25) is 0 Å². The summed E-state index contributed by atoms with van der Waals surface area (Å²) >= 11 is 1.47. The molecule has 0 atom stereocenters. The molecule has 138 valence electrons. The molecule has 1 aliphatic rings. The summed E-state index contributed by atoms with van der Waals surface area (Å²) in [5.74, 6) is 0.201. The maximum Gasteiger partial charge on any atom is 0.234 e. The van der Waals surface area contributed by atoms with Crippen molar-refractivity contribution in [3.63, 3.8) is 0 Å². The number of benzene rings is 2.